The predicted octanol–water partition coefficient (Wildman–Crippen LogP) is 0.767. The monoisotopic (exact) mass is 101 g/mol. The minimum Gasteiger partial charge on any atom is -0.447 e. The molecule has 39 valence electrons. The van der Waals surface area contributed by atoms with Crippen LogP contribution in [0.15, 0.2) is 0 Å². The molecule has 0 aliphatic carbocycles. The summed E-state index contributed by atoms with van der Waals surface area (Å²) in [6.07, 6.45) is 2.10. The van der Waals surface area contributed by atoms with Crippen molar-refractivity contribution in [1.82, 2.24) is 0 Å². The number of hydrogen-bond donors (Lipinski definition) is 0. The van der Waals surface area contributed by atoms with Crippen molar-refractivity contribution in [3.63, 3.8) is 0 Å². The zero-order chi connectivity index (χ0) is 5.54. The number of halogens is 1. The molecule has 0 N–H and O–H groups in total. The van der Waals surface area contributed by atoms with E-state index in [0.717, 1.165) is 0 Å². The molecule has 0 saturated carbocycles. The van der Waals surface area contributed by atoms with Gasteiger partial charge in [0.2, 0.25) is 0 Å². The maximum absolute atomic E-state index is 11.0. The average Bonchev–Trinajstić information content (AvgIpc) is 1.69. The van der Waals surface area contributed by atoms with Crippen LogP contribution in [0.25, 0.3) is 0 Å². The van der Waals surface area contributed by atoms with Gasteiger partial charge in [0.25, 0.3) is 0 Å². The van der Waals surface area contributed by atoms with Crippen molar-refractivity contribution in [2.24, 2.45) is 0 Å². The molecule has 0 bridgehead atoms. The highest BCUT2D eigenvalue weighted by atomic mass is 19.1. The van der Waals surface area contributed by atoms with Crippen LogP contribution < -0.4 is 0 Å². The Morgan fingerprint density at radius 1 is 1.71 bits per heavy atom. The third-order valence-corrected chi connectivity index (χ3v) is 0.313. The first kappa shape index (κ1) is 6.29. The summed E-state index contributed by atoms with van der Waals surface area (Å²) in [5, 5.41) is 0. The SMILES string of the molecule is [CH2]COC#CCF. The maximum atomic E-state index is 11.0. The fourth-order valence-electron chi connectivity index (χ4n) is 0.129. The van der Waals surface area contributed by atoms with Gasteiger partial charge < -0.3 is 4.74 Å². The van der Waals surface area contributed by atoms with Gasteiger partial charge in [-0.05, 0) is 12.8 Å². The maximum Gasteiger partial charge on any atom is 0.153 e. The molecule has 2 heteroatoms. The summed E-state index contributed by atoms with van der Waals surface area (Å²) in [4.78, 5) is 0. The third-order valence-electron chi connectivity index (χ3n) is 0.313. The largest absolute Gasteiger partial charge is 0.447 e. The summed E-state index contributed by atoms with van der Waals surface area (Å²) in [6, 6.07) is 0. The molecule has 0 aliphatic heterocycles. The van der Waals surface area contributed by atoms with Crippen LogP contribution in [0, 0.1) is 19.0 Å². The van der Waals surface area contributed by atoms with E-state index in [-0.39, 0.29) is 6.61 Å². The van der Waals surface area contributed by atoms with Crippen LogP contribution in [0.1, 0.15) is 0 Å². The van der Waals surface area contributed by atoms with E-state index in [1.165, 1.54) is 0 Å². The first-order valence-electron chi connectivity index (χ1n) is 1.86. The number of ether oxygens (including phenoxy) is 1. The van der Waals surface area contributed by atoms with E-state index in [4.69, 9.17) is 0 Å². The van der Waals surface area contributed by atoms with Gasteiger partial charge in [-0.15, -0.1) is 0 Å². The summed E-state index contributed by atoms with van der Waals surface area (Å²) >= 11 is 0. The predicted molar refractivity (Wildman–Crippen MR) is 25.1 cm³/mol. The van der Waals surface area contributed by atoms with E-state index in [2.05, 4.69) is 23.7 Å². The van der Waals surface area contributed by atoms with Crippen LogP contribution in [0.2, 0.25) is 0 Å². The number of alkyl halides is 1. The summed E-state index contributed by atoms with van der Waals surface area (Å²) < 4.78 is 15.4. The van der Waals surface area contributed by atoms with E-state index >= 15 is 0 Å². The first-order valence-corrected chi connectivity index (χ1v) is 1.86. The normalized spacial score (nSPS) is 6.57. The summed E-state index contributed by atoms with van der Waals surface area (Å²) in [7, 11) is 0. The van der Waals surface area contributed by atoms with E-state index < -0.39 is 6.67 Å². The Morgan fingerprint density at radius 3 is 2.86 bits per heavy atom. The Hall–Kier alpha value is -0.710. The van der Waals surface area contributed by atoms with Gasteiger partial charge in [0.15, 0.2) is 6.67 Å². The second-order valence-corrected chi connectivity index (χ2v) is 0.761. The van der Waals surface area contributed by atoms with E-state index in [9.17, 15) is 4.39 Å². The van der Waals surface area contributed by atoms with Gasteiger partial charge in [-0.2, -0.15) is 0 Å². The second-order valence-electron chi connectivity index (χ2n) is 0.761. The minimum absolute atomic E-state index is 0.271. The average molecular weight is 101 g/mol. The first-order chi connectivity index (χ1) is 3.41. The molecule has 0 heterocycles. The molecule has 0 saturated heterocycles. The van der Waals surface area contributed by atoms with E-state index in [1.807, 2.05) is 0 Å². The smallest absolute Gasteiger partial charge is 0.153 e. The second kappa shape index (κ2) is 5.29. The standard InChI is InChI=1S/C5H6FO/c1-2-7-5-3-4-6/h1-2,4H2. The van der Waals surface area contributed by atoms with Gasteiger partial charge in [0, 0.05) is 0 Å². The fraction of sp³-hybridized carbons (Fsp3) is 0.400. The minimum atomic E-state index is -0.653. The zero-order valence-electron chi connectivity index (χ0n) is 3.91. The lowest BCUT2D eigenvalue weighted by Gasteiger charge is -1.81. The van der Waals surface area contributed by atoms with Crippen molar-refractivity contribution in [2.75, 3.05) is 13.3 Å². The Morgan fingerprint density at radius 2 is 2.43 bits per heavy atom. The van der Waals surface area contributed by atoms with Gasteiger partial charge in [-0.3, -0.25) is 0 Å². The molecule has 0 aromatic rings. The van der Waals surface area contributed by atoms with Crippen molar-refractivity contribution in [1.29, 1.82) is 0 Å². The fourth-order valence-corrected chi connectivity index (χ4v) is 0.129. The van der Waals surface area contributed by atoms with Crippen LogP contribution in [-0.2, 0) is 4.74 Å². The van der Waals surface area contributed by atoms with Crippen molar-refractivity contribution in [3.05, 3.63) is 6.92 Å². The molecule has 0 rings (SSSR count). The summed E-state index contributed by atoms with van der Waals surface area (Å²) in [6.45, 7) is 2.93. The molecule has 1 nitrogen and oxygen atoms in total. The lowest BCUT2D eigenvalue weighted by atomic mass is 10.8. The summed E-state index contributed by atoms with van der Waals surface area (Å²) in [5.74, 6) is 2.07. The van der Waals surface area contributed by atoms with Crippen LogP contribution in [-0.4, -0.2) is 13.3 Å². The molecule has 0 unspecified atom stereocenters. The molecule has 0 aromatic carbocycles. The van der Waals surface area contributed by atoms with E-state index in [0.29, 0.717) is 0 Å². The Balaban J connectivity index is 2.91. The van der Waals surface area contributed by atoms with Gasteiger partial charge in [0.05, 0.1) is 0 Å². The lowest BCUT2D eigenvalue weighted by molar-refractivity contribution is 0.318. The Bertz CT molecular complexity index is 79.8. The third kappa shape index (κ3) is 5.29. The molecule has 0 aliphatic rings. The molecule has 0 amide bonds. The molecule has 0 spiro atoms. The van der Waals surface area contributed by atoms with Crippen molar-refractivity contribution in [2.45, 2.75) is 0 Å². The van der Waals surface area contributed by atoms with Crippen LogP contribution in [0.3, 0.4) is 0 Å². The van der Waals surface area contributed by atoms with E-state index in [1.54, 1.807) is 0 Å². The molecule has 7 heavy (non-hydrogen) atoms. The quantitative estimate of drug-likeness (QED) is 0.443. The topological polar surface area (TPSA) is 9.23 Å². The highest BCUT2D eigenvalue weighted by Gasteiger charge is 1.64. The molecule has 0 atom stereocenters. The Kier molecular flexibility index (Phi) is 4.75. The lowest BCUT2D eigenvalue weighted by Crippen LogP contribution is -1.77. The van der Waals surface area contributed by atoms with Gasteiger partial charge in [-0.1, -0.05) is 0 Å². The highest BCUT2D eigenvalue weighted by molar-refractivity contribution is 4.90. The van der Waals surface area contributed by atoms with Gasteiger partial charge in [0.1, 0.15) is 12.7 Å². The highest BCUT2D eigenvalue weighted by Crippen LogP contribution is 1.65. The van der Waals surface area contributed by atoms with Crippen molar-refractivity contribution < 1.29 is 9.13 Å². The summed E-state index contributed by atoms with van der Waals surface area (Å²) in [5.41, 5.74) is 0. The Labute approximate surface area is 42.5 Å². The number of hydrogen-bond acceptors (Lipinski definition) is 1. The molecule has 0 fully saturated rings. The molecule has 1 radical (unpaired) electrons. The van der Waals surface area contributed by atoms with Crippen LogP contribution >= 0.6 is 0 Å². The zero-order valence-corrected chi connectivity index (χ0v) is 3.91. The van der Waals surface area contributed by atoms with Gasteiger partial charge >= 0.3 is 0 Å². The molecule has 0 aromatic heterocycles. The molecular weight excluding hydrogens is 95.1 g/mol. The molecular formula is C5H6FO. The van der Waals surface area contributed by atoms with Crippen molar-refractivity contribution >= 4 is 0 Å². The van der Waals surface area contributed by atoms with Crippen LogP contribution in [0.4, 0.5) is 4.39 Å². The van der Waals surface area contributed by atoms with Crippen molar-refractivity contribution in [3.8, 4) is 12.0 Å². The van der Waals surface area contributed by atoms with Gasteiger partial charge in [-0.25, -0.2) is 4.39 Å². The number of rotatable bonds is 1. The van der Waals surface area contributed by atoms with Crippen LogP contribution in [0.5, 0.6) is 0 Å².